The number of hydrogen-bond acceptors (Lipinski definition) is 3. The summed E-state index contributed by atoms with van der Waals surface area (Å²) in [5.41, 5.74) is 1.38. The first-order valence-electron chi connectivity index (χ1n) is 6.55. The molecule has 1 aromatic carbocycles. The molecule has 0 aromatic heterocycles. The average molecular weight is 279 g/mol. The molecule has 0 radical (unpaired) electrons. The van der Waals surface area contributed by atoms with Gasteiger partial charge in [0.1, 0.15) is 19.2 Å². The average Bonchev–Trinajstić information content (AvgIpc) is 2.28. The van der Waals surface area contributed by atoms with Crippen LogP contribution in [0.25, 0.3) is 0 Å². The van der Waals surface area contributed by atoms with Gasteiger partial charge in [-0.3, -0.25) is 0 Å². The lowest BCUT2D eigenvalue weighted by Crippen LogP contribution is -2.43. The molecule has 0 heterocycles. The fraction of sp³-hybridized carbons (Fsp3) is 0.438. The molecule has 1 atom stereocenters. The minimum atomic E-state index is -1.19. The third-order valence-corrected chi connectivity index (χ3v) is 2.56. The highest BCUT2D eigenvalue weighted by molar-refractivity contribution is 5.82. The van der Waals surface area contributed by atoms with Crippen molar-refractivity contribution in [2.45, 2.75) is 26.5 Å². The van der Waals surface area contributed by atoms with Gasteiger partial charge in [-0.25, -0.2) is 0 Å². The highest BCUT2D eigenvalue weighted by Gasteiger charge is 2.17. The molecule has 4 nitrogen and oxygen atoms in total. The first-order valence-corrected chi connectivity index (χ1v) is 6.55. The van der Waals surface area contributed by atoms with Crippen molar-refractivity contribution in [1.82, 2.24) is 0 Å². The van der Waals surface area contributed by atoms with Crippen LogP contribution in [0.3, 0.4) is 0 Å². The maximum absolute atomic E-state index is 9.49. The number of hydrogen-bond donors (Lipinski definition) is 1. The van der Waals surface area contributed by atoms with Gasteiger partial charge in [0.05, 0.1) is 20.1 Å². The summed E-state index contributed by atoms with van der Waals surface area (Å²) >= 11 is 0. The van der Waals surface area contributed by atoms with E-state index in [0.29, 0.717) is 0 Å². The molecule has 1 aromatic rings. The molecule has 0 amide bonds. The van der Waals surface area contributed by atoms with Crippen LogP contribution < -0.4 is 5.11 Å². The summed E-state index contributed by atoms with van der Waals surface area (Å²) in [5.74, 6) is -1.19. The predicted molar refractivity (Wildman–Crippen MR) is 78.6 cm³/mol. The summed E-state index contributed by atoms with van der Waals surface area (Å²) < 4.78 is 0.821. The number of quaternary nitrogens is 1. The van der Waals surface area contributed by atoms with Crippen molar-refractivity contribution in [2.24, 2.45) is 0 Å². The van der Waals surface area contributed by atoms with Crippen LogP contribution in [-0.2, 0) is 11.3 Å². The molecule has 0 spiro atoms. The van der Waals surface area contributed by atoms with Crippen LogP contribution in [0, 0.1) is 0 Å². The van der Waals surface area contributed by atoms with E-state index in [1.54, 1.807) is 0 Å². The highest BCUT2D eigenvalue weighted by Crippen LogP contribution is 2.09. The summed E-state index contributed by atoms with van der Waals surface area (Å²) in [6, 6.07) is 10.4. The van der Waals surface area contributed by atoms with Crippen LogP contribution in [0.1, 0.15) is 19.4 Å². The molecule has 1 unspecified atom stereocenters. The molecule has 20 heavy (non-hydrogen) atoms. The van der Waals surface area contributed by atoms with Gasteiger partial charge in [0, 0.05) is 5.56 Å². The number of carboxylic acids is 1. The van der Waals surface area contributed by atoms with Crippen molar-refractivity contribution in [1.29, 1.82) is 0 Å². The number of carbonyl (C=O) groups is 1. The second-order valence-electron chi connectivity index (χ2n) is 5.68. The molecular formula is C16H25NO3. The maximum Gasteiger partial charge on any atom is 0.105 e. The highest BCUT2D eigenvalue weighted by atomic mass is 16.4. The van der Waals surface area contributed by atoms with Gasteiger partial charge in [-0.05, 0) is 19.4 Å². The Balaban J connectivity index is 0.000000511. The number of likely N-dealkylation sites (N-methyl/N-ethyl adjacent to an activating group) is 1. The largest absolute Gasteiger partial charge is 0.545 e. The Morgan fingerprint density at radius 3 is 2.15 bits per heavy atom. The van der Waals surface area contributed by atoms with E-state index in [0.717, 1.165) is 17.6 Å². The van der Waals surface area contributed by atoms with E-state index in [4.69, 9.17) is 0 Å². The number of aliphatic carboxylic acids is 1. The van der Waals surface area contributed by atoms with Crippen LogP contribution in [0.15, 0.2) is 42.5 Å². The zero-order valence-corrected chi connectivity index (χ0v) is 12.8. The van der Waals surface area contributed by atoms with Crippen molar-refractivity contribution < 1.29 is 19.5 Å². The van der Waals surface area contributed by atoms with Gasteiger partial charge in [0.15, 0.2) is 0 Å². The first kappa shape index (κ1) is 18.4. The third kappa shape index (κ3) is 9.30. The molecule has 0 fully saturated rings. The van der Waals surface area contributed by atoms with E-state index < -0.39 is 5.97 Å². The minimum Gasteiger partial charge on any atom is -0.545 e. The number of aliphatic hydroxyl groups is 1. The Kier molecular flexibility index (Phi) is 7.80. The van der Waals surface area contributed by atoms with Crippen molar-refractivity contribution >= 4 is 5.97 Å². The topological polar surface area (TPSA) is 60.4 Å². The van der Waals surface area contributed by atoms with Gasteiger partial charge in [-0.2, -0.15) is 0 Å². The SMILES string of the molecule is C=C(C)C(=O)[O-].CC(O)C[N+](C)(C)Cc1ccccc1. The maximum atomic E-state index is 9.49. The number of aliphatic hydroxyl groups excluding tert-OH is 1. The zero-order valence-electron chi connectivity index (χ0n) is 12.8. The Morgan fingerprint density at radius 1 is 1.35 bits per heavy atom. The Morgan fingerprint density at radius 2 is 1.80 bits per heavy atom. The van der Waals surface area contributed by atoms with E-state index in [-0.39, 0.29) is 11.7 Å². The summed E-state index contributed by atoms with van der Waals surface area (Å²) in [5, 5.41) is 18.8. The fourth-order valence-electron chi connectivity index (χ4n) is 1.86. The summed E-state index contributed by atoms with van der Waals surface area (Å²) in [7, 11) is 4.28. The van der Waals surface area contributed by atoms with Crippen molar-refractivity contribution in [2.75, 3.05) is 20.6 Å². The molecule has 0 aliphatic heterocycles. The normalized spacial score (nSPS) is 12.1. The molecule has 4 heteroatoms. The van der Waals surface area contributed by atoms with Gasteiger partial charge in [-0.15, -0.1) is 0 Å². The van der Waals surface area contributed by atoms with Crippen LogP contribution >= 0.6 is 0 Å². The Labute approximate surface area is 121 Å². The molecule has 0 aliphatic carbocycles. The zero-order chi connectivity index (χ0) is 15.8. The molecule has 0 bridgehead atoms. The summed E-state index contributed by atoms with van der Waals surface area (Å²) in [6.07, 6.45) is -0.242. The fourth-order valence-corrected chi connectivity index (χ4v) is 1.86. The number of carboxylic acid groups (broad SMARTS) is 1. The van der Waals surface area contributed by atoms with Crippen LogP contribution in [0.2, 0.25) is 0 Å². The third-order valence-electron chi connectivity index (χ3n) is 2.56. The second-order valence-corrected chi connectivity index (χ2v) is 5.68. The van der Waals surface area contributed by atoms with E-state index in [1.807, 2.05) is 13.0 Å². The quantitative estimate of drug-likeness (QED) is 0.645. The molecule has 0 aliphatic rings. The van der Waals surface area contributed by atoms with Crippen molar-refractivity contribution in [3.05, 3.63) is 48.0 Å². The number of benzene rings is 1. The number of rotatable bonds is 5. The lowest BCUT2D eigenvalue weighted by molar-refractivity contribution is -0.906. The van der Waals surface area contributed by atoms with Crippen LogP contribution in [-0.4, -0.2) is 42.3 Å². The number of nitrogens with zero attached hydrogens (tertiary/aromatic N) is 1. The minimum absolute atomic E-state index is 0.0648. The van der Waals surface area contributed by atoms with Gasteiger partial charge < -0.3 is 19.5 Å². The predicted octanol–water partition coefficient (Wildman–Crippen LogP) is 0.956. The standard InChI is InChI=1S/C12H20NO.C4H6O2/c1-11(14)9-13(2,3)10-12-7-5-4-6-8-12;1-3(2)4(5)6/h4-8,11,14H,9-10H2,1-3H3;1H2,2H3,(H,5,6)/q+1;/p-1. The van der Waals surface area contributed by atoms with E-state index in [2.05, 4.69) is 44.9 Å². The molecule has 112 valence electrons. The van der Waals surface area contributed by atoms with Crippen LogP contribution in [0.4, 0.5) is 0 Å². The molecule has 1 N–H and O–H groups in total. The molecule has 1 rings (SSSR count). The van der Waals surface area contributed by atoms with Crippen LogP contribution in [0.5, 0.6) is 0 Å². The monoisotopic (exact) mass is 279 g/mol. The second kappa shape index (κ2) is 8.51. The Bertz CT molecular complexity index is 413. The lowest BCUT2D eigenvalue weighted by Gasteiger charge is -2.31. The van der Waals surface area contributed by atoms with Gasteiger partial charge in [-0.1, -0.05) is 36.9 Å². The van der Waals surface area contributed by atoms with E-state index in [1.165, 1.54) is 12.5 Å². The molecule has 0 saturated carbocycles. The molecule has 0 saturated heterocycles. The van der Waals surface area contributed by atoms with E-state index in [9.17, 15) is 15.0 Å². The summed E-state index contributed by atoms with van der Waals surface area (Å²) in [6.45, 7) is 8.07. The van der Waals surface area contributed by atoms with Gasteiger partial charge in [0.2, 0.25) is 0 Å². The first-order chi connectivity index (χ1) is 9.14. The number of carbonyl (C=O) groups excluding carboxylic acids is 1. The lowest BCUT2D eigenvalue weighted by atomic mass is 10.2. The van der Waals surface area contributed by atoms with E-state index >= 15 is 0 Å². The smallest absolute Gasteiger partial charge is 0.105 e. The van der Waals surface area contributed by atoms with Crippen molar-refractivity contribution in [3.8, 4) is 0 Å². The van der Waals surface area contributed by atoms with Gasteiger partial charge in [0.25, 0.3) is 0 Å². The molecular weight excluding hydrogens is 254 g/mol. The van der Waals surface area contributed by atoms with Crippen molar-refractivity contribution in [3.63, 3.8) is 0 Å². The van der Waals surface area contributed by atoms with Gasteiger partial charge >= 0.3 is 0 Å². The summed E-state index contributed by atoms with van der Waals surface area (Å²) in [4.78, 5) is 9.49. The Hall–Kier alpha value is -1.65.